The van der Waals surface area contributed by atoms with Crippen molar-refractivity contribution in [3.8, 4) is 11.3 Å². The fraction of sp³-hybridized carbons (Fsp3) is 0.200. The molecule has 7 nitrogen and oxygen atoms in total. The number of fused-ring (bicyclic) bond motifs is 1. The number of amides is 1. The van der Waals surface area contributed by atoms with E-state index in [0.717, 1.165) is 41.7 Å². The Morgan fingerprint density at radius 1 is 1.22 bits per heavy atom. The molecule has 0 radical (unpaired) electrons. The lowest BCUT2D eigenvalue weighted by atomic mass is 10.1. The largest absolute Gasteiger partial charge is 0.335 e. The molecule has 1 fully saturated rings. The Kier molecular flexibility index (Phi) is 3.71. The predicted octanol–water partition coefficient (Wildman–Crippen LogP) is 3.33. The third kappa shape index (κ3) is 2.77. The van der Waals surface area contributed by atoms with Gasteiger partial charge in [0.05, 0.1) is 23.6 Å². The second kappa shape index (κ2) is 6.35. The molecule has 5 rings (SSSR count). The molecule has 4 aromatic rings. The van der Waals surface area contributed by atoms with Gasteiger partial charge in [0.2, 0.25) is 0 Å². The quantitative estimate of drug-likeness (QED) is 0.588. The lowest BCUT2D eigenvalue weighted by Crippen LogP contribution is -2.31. The van der Waals surface area contributed by atoms with E-state index in [1.54, 1.807) is 18.6 Å². The minimum atomic E-state index is -0.00832. The molecule has 1 atom stereocenters. The van der Waals surface area contributed by atoms with Crippen molar-refractivity contribution >= 4 is 16.9 Å². The van der Waals surface area contributed by atoms with Gasteiger partial charge in [0.15, 0.2) is 0 Å². The molecule has 134 valence electrons. The molecule has 0 bridgehead atoms. The highest BCUT2D eigenvalue weighted by Gasteiger charge is 2.32. The van der Waals surface area contributed by atoms with Gasteiger partial charge in [-0.1, -0.05) is 6.07 Å². The van der Waals surface area contributed by atoms with Crippen molar-refractivity contribution in [3.05, 3.63) is 66.4 Å². The Labute approximate surface area is 155 Å². The Balaban J connectivity index is 1.47. The minimum Gasteiger partial charge on any atom is -0.335 e. The number of nitrogens with one attached hydrogen (secondary N) is 2. The first-order valence-electron chi connectivity index (χ1n) is 9.00. The molecule has 2 N–H and O–H groups in total. The van der Waals surface area contributed by atoms with Gasteiger partial charge in [-0.05, 0) is 43.2 Å². The van der Waals surface area contributed by atoms with Gasteiger partial charge < -0.3 is 9.88 Å². The number of carbonyl (C=O) groups excluding carboxylic acids is 1. The minimum absolute atomic E-state index is 0.00832. The van der Waals surface area contributed by atoms with Crippen molar-refractivity contribution in [2.24, 2.45) is 0 Å². The smallest absolute Gasteiger partial charge is 0.270 e. The van der Waals surface area contributed by atoms with Crippen LogP contribution in [0.1, 0.15) is 35.1 Å². The van der Waals surface area contributed by atoms with Crippen molar-refractivity contribution in [3.63, 3.8) is 0 Å². The lowest BCUT2D eigenvalue weighted by Gasteiger charge is -2.23. The Hall–Kier alpha value is -3.48. The van der Waals surface area contributed by atoms with E-state index >= 15 is 0 Å². The Bertz CT molecular complexity index is 1090. The van der Waals surface area contributed by atoms with Gasteiger partial charge >= 0.3 is 0 Å². The van der Waals surface area contributed by atoms with Gasteiger partial charge in [0.1, 0.15) is 11.3 Å². The number of rotatable bonds is 3. The zero-order valence-corrected chi connectivity index (χ0v) is 14.6. The number of carbonyl (C=O) groups is 1. The molecule has 1 aliphatic heterocycles. The number of likely N-dealkylation sites (tertiary alicyclic amines) is 1. The lowest BCUT2D eigenvalue weighted by molar-refractivity contribution is 0.0728. The van der Waals surface area contributed by atoms with Crippen LogP contribution >= 0.6 is 0 Å². The van der Waals surface area contributed by atoms with E-state index in [0.29, 0.717) is 11.3 Å². The molecule has 4 aromatic heterocycles. The van der Waals surface area contributed by atoms with Crippen LogP contribution < -0.4 is 0 Å². The molecule has 1 amide bonds. The number of pyridine rings is 2. The van der Waals surface area contributed by atoms with E-state index in [1.807, 2.05) is 41.3 Å². The highest BCUT2D eigenvalue weighted by molar-refractivity contribution is 5.98. The third-order valence-electron chi connectivity index (χ3n) is 5.05. The van der Waals surface area contributed by atoms with Crippen molar-refractivity contribution in [1.29, 1.82) is 0 Å². The van der Waals surface area contributed by atoms with Crippen LogP contribution in [0.4, 0.5) is 0 Å². The molecule has 0 aromatic carbocycles. The van der Waals surface area contributed by atoms with E-state index in [2.05, 4.69) is 25.1 Å². The van der Waals surface area contributed by atoms with Crippen LogP contribution in [0.3, 0.4) is 0 Å². The van der Waals surface area contributed by atoms with E-state index in [-0.39, 0.29) is 11.9 Å². The number of aromatic amines is 2. The van der Waals surface area contributed by atoms with Gasteiger partial charge in [-0.15, -0.1) is 0 Å². The molecular formula is C20H18N6O. The van der Waals surface area contributed by atoms with Gasteiger partial charge in [0.25, 0.3) is 5.91 Å². The predicted molar refractivity (Wildman–Crippen MR) is 101 cm³/mol. The number of hydrogen-bond acceptors (Lipinski definition) is 4. The van der Waals surface area contributed by atoms with E-state index < -0.39 is 0 Å². The Morgan fingerprint density at radius 2 is 2.19 bits per heavy atom. The summed E-state index contributed by atoms with van der Waals surface area (Å²) >= 11 is 0. The summed E-state index contributed by atoms with van der Waals surface area (Å²) in [5, 5.41) is 7.67. The summed E-state index contributed by atoms with van der Waals surface area (Å²) in [6.45, 7) is 0.739. The molecule has 0 aliphatic carbocycles. The average Bonchev–Trinajstić information content (AvgIpc) is 3.47. The summed E-state index contributed by atoms with van der Waals surface area (Å²) in [5.74, 6) is -0.00832. The van der Waals surface area contributed by atoms with Crippen LogP contribution in [0.2, 0.25) is 0 Å². The van der Waals surface area contributed by atoms with Crippen molar-refractivity contribution in [2.75, 3.05) is 6.54 Å². The van der Waals surface area contributed by atoms with Crippen LogP contribution in [0.25, 0.3) is 22.3 Å². The second-order valence-corrected chi connectivity index (χ2v) is 6.72. The summed E-state index contributed by atoms with van der Waals surface area (Å²) < 4.78 is 0. The van der Waals surface area contributed by atoms with E-state index in [1.165, 1.54) is 0 Å². The second-order valence-electron chi connectivity index (χ2n) is 6.72. The maximum absolute atomic E-state index is 13.1. The number of hydrogen-bond donors (Lipinski definition) is 2. The standard InChI is InChI=1S/C20H18N6O/c27-20(26-9-3-5-18(26)16-4-1-2-8-21-16)17-10-13-6-7-15(24-19(13)25-17)14-11-22-23-12-14/h1-2,4,6-8,10-12,18H,3,5,9H2,(H,22,23)(H,24,25)/t18-/m1/s1. The molecule has 7 heteroatoms. The first-order chi connectivity index (χ1) is 13.3. The average molecular weight is 358 g/mol. The zero-order chi connectivity index (χ0) is 18.2. The van der Waals surface area contributed by atoms with Crippen molar-refractivity contribution < 1.29 is 4.79 Å². The number of nitrogens with zero attached hydrogens (tertiary/aromatic N) is 4. The van der Waals surface area contributed by atoms with Gasteiger partial charge in [-0.25, -0.2) is 4.98 Å². The highest BCUT2D eigenvalue weighted by atomic mass is 16.2. The van der Waals surface area contributed by atoms with Crippen LogP contribution in [0, 0.1) is 0 Å². The van der Waals surface area contributed by atoms with Crippen LogP contribution in [0.15, 0.2) is 55.0 Å². The highest BCUT2D eigenvalue weighted by Crippen LogP contribution is 2.32. The van der Waals surface area contributed by atoms with E-state index in [4.69, 9.17) is 0 Å². The number of H-pyrrole nitrogens is 2. The first-order valence-corrected chi connectivity index (χ1v) is 9.00. The number of aromatic nitrogens is 5. The van der Waals surface area contributed by atoms with Gasteiger partial charge in [-0.3, -0.25) is 14.9 Å². The fourth-order valence-corrected chi connectivity index (χ4v) is 3.72. The van der Waals surface area contributed by atoms with Crippen LogP contribution in [-0.2, 0) is 0 Å². The van der Waals surface area contributed by atoms with Crippen molar-refractivity contribution in [1.82, 2.24) is 30.0 Å². The maximum Gasteiger partial charge on any atom is 0.270 e. The zero-order valence-electron chi connectivity index (χ0n) is 14.6. The molecule has 1 aliphatic rings. The summed E-state index contributed by atoms with van der Waals surface area (Å²) in [4.78, 5) is 27.3. The molecule has 27 heavy (non-hydrogen) atoms. The van der Waals surface area contributed by atoms with E-state index in [9.17, 15) is 4.79 Å². The SMILES string of the molecule is O=C(c1cc2ccc(-c3cn[nH]c3)nc2[nH]1)N1CCC[C@@H]1c1ccccn1. The monoisotopic (exact) mass is 358 g/mol. The molecule has 0 saturated carbocycles. The summed E-state index contributed by atoms with van der Waals surface area (Å²) in [6, 6.07) is 11.6. The summed E-state index contributed by atoms with van der Waals surface area (Å²) in [7, 11) is 0. The van der Waals surface area contributed by atoms with Crippen molar-refractivity contribution in [2.45, 2.75) is 18.9 Å². The molecule has 1 saturated heterocycles. The Morgan fingerprint density at radius 3 is 3.00 bits per heavy atom. The fourth-order valence-electron chi connectivity index (χ4n) is 3.72. The van der Waals surface area contributed by atoms with Crippen LogP contribution in [0.5, 0.6) is 0 Å². The topological polar surface area (TPSA) is 90.6 Å². The third-order valence-corrected chi connectivity index (χ3v) is 5.05. The summed E-state index contributed by atoms with van der Waals surface area (Å²) in [5.41, 5.74) is 3.92. The summed E-state index contributed by atoms with van der Waals surface area (Å²) in [6.07, 6.45) is 7.22. The molecule has 5 heterocycles. The maximum atomic E-state index is 13.1. The van der Waals surface area contributed by atoms with Gasteiger partial charge in [0, 0.05) is 29.9 Å². The van der Waals surface area contributed by atoms with Crippen LogP contribution in [-0.4, -0.2) is 42.5 Å². The normalized spacial score (nSPS) is 16.9. The molecular weight excluding hydrogens is 340 g/mol. The van der Waals surface area contributed by atoms with Gasteiger partial charge in [-0.2, -0.15) is 5.10 Å². The molecule has 0 unspecified atom stereocenters. The molecule has 0 spiro atoms. The first kappa shape index (κ1) is 15.7.